The van der Waals surface area contributed by atoms with Gasteiger partial charge in [-0.1, -0.05) is 17.7 Å². The number of rotatable bonds is 7. The van der Waals surface area contributed by atoms with Crippen LogP contribution in [0.5, 0.6) is 0 Å². The van der Waals surface area contributed by atoms with Crippen molar-refractivity contribution in [2.75, 3.05) is 7.05 Å². The van der Waals surface area contributed by atoms with Crippen molar-refractivity contribution >= 4 is 28.4 Å². The number of aromatic amines is 1. The van der Waals surface area contributed by atoms with Gasteiger partial charge in [0.15, 0.2) is 0 Å². The molecule has 3 aromatic heterocycles. The third-order valence-electron chi connectivity index (χ3n) is 4.95. The number of benzene rings is 1. The fourth-order valence-electron chi connectivity index (χ4n) is 3.34. The molecule has 6 nitrogen and oxygen atoms in total. The number of hydrogen-bond donors (Lipinski definition) is 3. The average Bonchev–Trinajstić information content (AvgIpc) is 3.13. The molecule has 3 N–H and O–H groups in total. The normalized spacial score (nSPS) is 11.1. The second-order valence-electron chi connectivity index (χ2n) is 7.21. The monoisotopic (exact) mass is 437 g/mol. The molecule has 0 spiro atoms. The maximum atomic E-state index is 14.3. The molecule has 0 radical (unpaired) electrons. The first-order valence-electron chi connectivity index (χ1n) is 9.80. The third-order valence-corrected chi connectivity index (χ3v) is 5.26. The van der Waals surface area contributed by atoms with Crippen molar-refractivity contribution in [3.05, 3.63) is 93.9 Å². The largest absolute Gasteiger partial charge is 0.360 e. The fourth-order valence-corrected chi connectivity index (χ4v) is 3.55. The average molecular weight is 438 g/mol. The quantitative estimate of drug-likeness (QED) is 0.408. The Hall–Kier alpha value is -3.29. The fraction of sp³-hybridized carbons (Fsp3) is 0.174. The van der Waals surface area contributed by atoms with Crippen molar-refractivity contribution in [3.8, 4) is 0 Å². The summed E-state index contributed by atoms with van der Waals surface area (Å²) in [5.74, 6) is -0.707. The first kappa shape index (κ1) is 21.0. The van der Waals surface area contributed by atoms with Crippen molar-refractivity contribution in [2.24, 2.45) is 0 Å². The highest BCUT2D eigenvalue weighted by Crippen LogP contribution is 2.25. The van der Waals surface area contributed by atoms with Gasteiger partial charge in [-0.15, -0.1) is 0 Å². The van der Waals surface area contributed by atoms with Gasteiger partial charge in [0.25, 0.3) is 5.91 Å². The molecule has 1 amide bonds. The predicted molar refractivity (Wildman–Crippen MR) is 118 cm³/mol. The van der Waals surface area contributed by atoms with Crippen molar-refractivity contribution in [1.29, 1.82) is 0 Å². The van der Waals surface area contributed by atoms with E-state index in [2.05, 4.69) is 25.6 Å². The number of fused-ring (bicyclic) bond motifs is 1. The van der Waals surface area contributed by atoms with Crippen LogP contribution in [0.2, 0.25) is 5.02 Å². The van der Waals surface area contributed by atoms with E-state index in [1.807, 2.05) is 25.4 Å². The van der Waals surface area contributed by atoms with E-state index >= 15 is 0 Å². The molecule has 8 heteroatoms. The molecular formula is C23H21ClFN5O. The molecule has 158 valence electrons. The van der Waals surface area contributed by atoms with Crippen molar-refractivity contribution in [2.45, 2.75) is 19.5 Å². The number of nitrogens with one attached hydrogen (secondary N) is 3. The second-order valence-corrected chi connectivity index (χ2v) is 7.62. The Balaban J connectivity index is 1.43. The summed E-state index contributed by atoms with van der Waals surface area (Å²) in [6.45, 7) is 0.759. The van der Waals surface area contributed by atoms with Crippen LogP contribution in [-0.2, 0) is 19.5 Å². The number of aromatic nitrogens is 3. The SMILES string of the molecule is CNCc1ccc(Cc2cc(C(=O)NCc3cc4c(Cl)c[nH]c4cc3F)ccn2)cn1. The van der Waals surface area contributed by atoms with E-state index < -0.39 is 5.82 Å². The zero-order chi connectivity index (χ0) is 21.8. The molecule has 0 atom stereocenters. The lowest BCUT2D eigenvalue weighted by Crippen LogP contribution is -2.23. The van der Waals surface area contributed by atoms with Crippen molar-refractivity contribution < 1.29 is 9.18 Å². The topological polar surface area (TPSA) is 82.7 Å². The maximum absolute atomic E-state index is 14.3. The van der Waals surface area contributed by atoms with Gasteiger partial charge in [-0.05, 0) is 42.9 Å². The number of carbonyl (C=O) groups is 1. The standard InChI is InChI=1S/C23H21ClFN5O/c1-26-12-17-3-2-14(10-28-17)6-18-7-15(4-5-27-18)23(31)30-11-16-8-19-20(24)13-29-22(19)9-21(16)25/h2-5,7-10,13,26,29H,6,11-12H2,1H3,(H,30,31). The van der Waals surface area contributed by atoms with E-state index in [4.69, 9.17) is 11.6 Å². The van der Waals surface area contributed by atoms with E-state index in [1.54, 1.807) is 30.6 Å². The molecule has 0 aliphatic rings. The number of amides is 1. The molecule has 0 unspecified atom stereocenters. The second kappa shape index (κ2) is 9.24. The molecule has 0 saturated heterocycles. The number of H-pyrrole nitrogens is 1. The Morgan fingerprint density at radius 2 is 2.00 bits per heavy atom. The highest BCUT2D eigenvalue weighted by Gasteiger charge is 2.12. The smallest absolute Gasteiger partial charge is 0.251 e. The highest BCUT2D eigenvalue weighted by atomic mass is 35.5. The van der Waals surface area contributed by atoms with Gasteiger partial charge in [0.1, 0.15) is 5.82 Å². The molecule has 0 fully saturated rings. The minimum absolute atomic E-state index is 0.0522. The number of hydrogen-bond acceptors (Lipinski definition) is 4. The van der Waals surface area contributed by atoms with Gasteiger partial charge in [-0.3, -0.25) is 14.8 Å². The van der Waals surface area contributed by atoms with Gasteiger partial charge in [0.05, 0.1) is 10.7 Å². The Labute approximate surface area is 183 Å². The van der Waals surface area contributed by atoms with Crippen LogP contribution in [0, 0.1) is 5.82 Å². The minimum atomic E-state index is -0.407. The van der Waals surface area contributed by atoms with Crippen LogP contribution in [0.4, 0.5) is 4.39 Å². The molecule has 0 saturated carbocycles. The van der Waals surface area contributed by atoms with Crippen LogP contribution in [0.25, 0.3) is 10.9 Å². The predicted octanol–water partition coefficient (Wildman–Crippen LogP) is 3.99. The summed E-state index contributed by atoms with van der Waals surface area (Å²) in [4.78, 5) is 24.3. The summed E-state index contributed by atoms with van der Waals surface area (Å²) in [7, 11) is 1.87. The van der Waals surface area contributed by atoms with Gasteiger partial charge < -0.3 is 15.6 Å². The minimum Gasteiger partial charge on any atom is -0.360 e. The lowest BCUT2D eigenvalue weighted by atomic mass is 10.1. The van der Waals surface area contributed by atoms with E-state index in [0.717, 1.165) is 17.0 Å². The van der Waals surface area contributed by atoms with Gasteiger partial charge >= 0.3 is 0 Å². The Kier molecular flexibility index (Phi) is 6.25. The first-order valence-corrected chi connectivity index (χ1v) is 10.2. The summed E-state index contributed by atoms with van der Waals surface area (Å²) in [5, 5.41) is 7.05. The molecule has 3 heterocycles. The van der Waals surface area contributed by atoms with Crippen LogP contribution in [-0.4, -0.2) is 27.9 Å². The van der Waals surface area contributed by atoms with E-state index in [0.29, 0.717) is 40.0 Å². The van der Waals surface area contributed by atoms with Crippen LogP contribution in [0.15, 0.2) is 55.0 Å². The van der Waals surface area contributed by atoms with Crippen molar-refractivity contribution in [1.82, 2.24) is 25.6 Å². The van der Waals surface area contributed by atoms with Crippen LogP contribution in [0.1, 0.15) is 32.9 Å². The number of halogens is 2. The lowest BCUT2D eigenvalue weighted by Gasteiger charge is -2.08. The lowest BCUT2D eigenvalue weighted by molar-refractivity contribution is 0.0950. The molecular weight excluding hydrogens is 417 g/mol. The maximum Gasteiger partial charge on any atom is 0.251 e. The van der Waals surface area contributed by atoms with E-state index in [9.17, 15) is 9.18 Å². The summed E-state index contributed by atoms with van der Waals surface area (Å²) in [6.07, 6.45) is 5.58. The number of nitrogens with zero attached hydrogens (tertiary/aromatic N) is 2. The zero-order valence-corrected chi connectivity index (χ0v) is 17.6. The summed E-state index contributed by atoms with van der Waals surface area (Å²) in [5.41, 5.74) is 4.16. The Bertz CT molecular complexity index is 1220. The molecule has 1 aromatic carbocycles. The van der Waals surface area contributed by atoms with Crippen LogP contribution >= 0.6 is 11.6 Å². The van der Waals surface area contributed by atoms with Gasteiger partial charge in [-0.25, -0.2) is 4.39 Å². The molecule has 0 aliphatic carbocycles. The summed E-state index contributed by atoms with van der Waals surface area (Å²) in [6, 6.07) is 10.4. The van der Waals surface area contributed by atoms with Gasteiger partial charge in [-0.2, -0.15) is 0 Å². The molecule has 4 rings (SSSR count). The summed E-state index contributed by atoms with van der Waals surface area (Å²) >= 11 is 6.11. The number of carbonyl (C=O) groups excluding carboxylic acids is 1. The molecule has 0 bridgehead atoms. The number of pyridine rings is 2. The van der Waals surface area contributed by atoms with E-state index in [-0.39, 0.29) is 12.5 Å². The zero-order valence-electron chi connectivity index (χ0n) is 16.9. The van der Waals surface area contributed by atoms with Crippen LogP contribution in [0.3, 0.4) is 0 Å². The molecule has 4 aromatic rings. The first-order chi connectivity index (χ1) is 15.0. The Morgan fingerprint density at radius 3 is 2.77 bits per heavy atom. The Morgan fingerprint density at radius 1 is 1.13 bits per heavy atom. The van der Waals surface area contributed by atoms with Gasteiger partial charge in [0, 0.05) is 65.8 Å². The molecule has 31 heavy (non-hydrogen) atoms. The molecule has 0 aliphatic heterocycles. The highest BCUT2D eigenvalue weighted by molar-refractivity contribution is 6.35. The summed E-state index contributed by atoms with van der Waals surface area (Å²) < 4.78 is 14.3. The van der Waals surface area contributed by atoms with Gasteiger partial charge in [0.2, 0.25) is 0 Å². The third kappa shape index (κ3) is 4.90. The van der Waals surface area contributed by atoms with Crippen LogP contribution < -0.4 is 10.6 Å². The van der Waals surface area contributed by atoms with E-state index in [1.165, 1.54) is 6.07 Å². The van der Waals surface area contributed by atoms with Crippen molar-refractivity contribution in [3.63, 3.8) is 0 Å².